The minimum Gasteiger partial charge on any atom is -0.498 e. The summed E-state index contributed by atoms with van der Waals surface area (Å²) in [5.74, 6) is 0.611. The van der Waals surface area contributed by atoms with Crippen LogP contribution in [0.1, 0.15) is 13.8 Å². The van der Waals surface area contributed by atoms with E-state index in [0.29, 0.717) is 12.0 Å². The molecule has 0 radical (unpaired) electrons. The molecule has 0 amide bonds. The van der Waals surface area contributed by atoms with Gasteiger partial charge in [-0.2, -0.15) is 0 Å². The number of ether oxygens (including phenoxy) is 1. The molecular formula is C6H10O. The number of rotatable bonds is 0. The summed E-state index contributed by atoms with van der Waals surface area (Å²) in [6, 6.07) is 0. The van der Waals surface area contributed by atoms with Crippen molar-refractivity contribution >= 4 is 0 Å². The molecular weight excluding hydrogens is 88.1 g/mol. The first-order valence-corrected chi connectivity index (χ1v) is 2.63. The molecule has 1 unspecified atom stereocenters. The van der Waals surface area contributed by atoms with Crippen LogP contribution >= 0.6 is 0 Å². The van der Waals surface area contributed by atoms with Gasteiger partial charge in [0, 0.05) is 5.92 Å². The van der Waals surface area contributed by atoms with E-state index < -0.39 is 0 Å². The van der Waals surface area contributed by atoms with E-state index in [1.165, 1.54) is 0 Å². The molecule has 2 atom stereocenters. The largest absolute Gasteiger partial charge is 0.498 e. The van der Waals surface area contributed by atoms with Gasteiger partial charge in [-0.1, -0.05) is 6.92 Å². The van der Waals surface area contributed by atoms with Crippen molar-refractivity contribution in [1.29, 1.82) is 0 Å². The molecule has 0 saturated carbocycles. The van der Waals surface area contributed by atoms with Gasteiger partial charge in [-0.25, -0.2) is 0 Å². The Kier molecular flexibility index (Phi) is 1.05. The predicted octanol–water partition coefficient (Wildman–Crippen LogP) is 1.55. The van der Waals surface area contributed by atoms with E-state index in [1.54, 1.807) is 6.26 Å². The van der Waals surface area contributed by atoms with E-state index in [-0.39, 0.29) is 0 Å². The molecule has 0 aromatic rings. The maximum atomic E-state index is 5.08. The highest BCUT2D eigenvalue weighted by Gasteiger charge is 2.12. The SMILES string of the molecule is CC1C=CO[C@@H]1C. The van der Waals surface area contributed by atoms with Crippen LogP contribution in [0, 0.1) is 5.92 Å². The first kappa shape index (κ1) is 4.69. The van der Waals surface area contributed by atoms with Crippen molar-refractivity contribution in [2.75, 3.05) is 0 Å². The van der Waals surface area contributed by atoms with E-state index in [0.717, 1.165) is 0 Å². The minimum absolute atomic E-state index is 0.403. The summed E-state index contributed by atoms with van der Waals surface area (Å²) in [4.78, 5) is 0. The Bertz CT molecular complexity index is 86.2. The fourth-order valence-electron chi connectivity index (χ4n) is 0.574. The Morgan fingerprint density at radius 3 is 2.29 bits per heavy atom. The summed E-state index contributed by atoms with van der Waals surface area (Å²) >= 11 is 0. The number of hydrogen-bond acceptors (Lipinski definition) is 1. The van der Waals surface area contributed by atoms with Gasteiger partial charge >= 0.3 is 0 Å². The van der Waals surface area contributed by atoms with Gasteiger partial charge in [-0.3, -0.25) is 0 Å². The second kappa shape index (κ2) is 1.57. The van der Waals surface area contributed by atoms with Crippen LogP contribution in [0.5, 0.6) is 0 Å². The number of hydrogen-bond donors (Lipinski definition) is 0. The molecule has 7 heavy (non-hydrogen) atoms. The third-order valence-corrected chi connectivity index (χ3v) is 1.42. The molecule has 40 valence electrons. The lowest BCUT2D eigenvalue weighted by Crippen LogP contribution is -2.06. The molecule has 0 fully saturated rings. The van der Waals surface area contributed by atoms with Gasteiger partial charge < -0.3 is 4.74 Å². The molecule has 1 heteroatoms. The maximum absolute atomic E-state index is 5.08. The van der Waals surface area contributed by atoms with Crippen molar-refractivity contribution in [2.24, 2.45) is 5.92 Å². The molecule has 1 aliphatic heterocycles. The fourth-order valence-corrected chi connectivity index (χ4v) is 0.574. The average molecular weight is 98.1 g/mol. The van der Waals surface area contributed by atoms with Crippen molar-refractivity contribution in [3.05, 3.63) is 12.3 Å². The Morgan fingerprint density at radius 1 is 1.43 bits per heavy atom. The van der Waals surface area contributed by atoms with Crippen molar-refractivity contribution < 1.29 is 4.74 Å². The normalized spacial score (nSPS) is 38.6. The molecule has 0 aliphatic carbocycles. The topological polar surface area (TPSA) is 9.23 Å². The van der Waals surface area contributed by atoms with E-state index >= 15 is 0 Å². The molecule has 1 heterocycles. The third-order valence-electron chi connectivity index (χ3n) is 1.42. The van der Waals surface area contributed by atoms with E-state index in [9.17, 15) is 0 Å². The zero-order valence-electron chi connectivity index (χ0n) is 4.72. The molecule has 0 aromatic heterocycles. The van der Waals surface area contributed by atoms with Crippen molar-refractivity contribution in [1.82, 2.24) is 0 Å². The van der Waals surface area contributed by atoms with Crippen LogP contribution in [0.15, 0.2) is 12.3 Å². The lowest BCUT2D eigenvalue weighted by atomic mass is 10.1. The highest BCUT2D eigenvalue weighted by molar-refractivity contribution is 4.90. The molecule has 1 nitrogen and oxygen atoms in total. The van der Waals surface area contributed by atoms with Gasteiger partial charge in [-0.15, -0.1) is 0 Å². The lowest BCUT2D eigenvalue weighted by molar-refractivity contribution is 0.159. The standard InChI is InChI=1S/C6H10O/c1-5-3-4-7-6(5)2/h3-6H,1-2H3/t5?,6-/m1/s1. The Balaban J connectivity index is 2.45. The van der Waals surface area contributed by atoms with Gasteiger partial charge in [0.05, 0.1) is 6.26 Å². The van der Waals surface area contributed by atoms with Crippen LogP contribution in [-0.2, 0) is 4.74 Å². The second-order valence-electron chi connectivity index (χ2n) is 2.03. The monoisotopic (exact) mass is 98.1 g/mol. The van der Waals surface area contributed by atoms with Crippen LogP contribution < -0.4 is 0 Å². The Labute approximate surface area is 44.0 Å². The first-order chi connectivity index (χ1) is 3.30. The van der Waals surface area contributed by atoms with Gasteiger partial charge in [0.25, 0.3) is 0 Å². The summed E-state index contributed by atoms with van der Waals surface area (Å²) < 4.78 is 5.08. The molecule has 0 N–H and O–H groups in total. The second-order valence-corrected chi connectivity index (χ2v) is 2.03. The van der Waals surface area contributed by atoms with Crippen LogP contribution in [0.2, 0.25) is 0 Å². The molecule has 0 spiro atoms. The summed E-state index contributed by atoms with van der Waals surface area (Å²) in [5, 5.41) is 0. The quantitative estimate of drug-likeness (QED) is 0.446. The molecule has 0 bridgehead atoms. The van der Waals surface area contributed by atoms with Crippen molar-refractivity contribution in [3.63, 3.8) is 0 Å². The van der Waals surface area contributed by atoms with E-state index in [4.69, 9.17) is 4.74 Å². The zero-order valence-corrected chi connectivity index (χ0v) is 4.72. The molecule has 0 saturated heterocycles. The summed E-state index contributed by atoms with van der Waals surface area (Å²) in [5.41, 5.74) is 0. The van der Waals surface area contributed by atoms with Crippen molar-refractivity contribution in [2.45, 2.75) is 20.0 Å². The Morgan fingerprint density at radius 2 is 2.14 bits per heavy atom. The van der Waals surface area contributed by atoms with E-state index in [2.05, 4.69) is 19.9 Å². The van der Waals surface area contributed by atoms with Crippen LogP contribution in [-0.4, -0.2) is 6.10 Å². The third kappa shape index (κ3) is 0.763. The summed E-state index contributed by atoms with van der Waals surface area (Å²) in [6.45, 7) is 4.22. The first-order valence-electron chi connectivity index (χ1n) is 2.63. The summed E-state index contributed by atoms with van der Waals surface area (Å²) in [7, 11) is 0. The average Bonchev–Trinajstić information content (AvgIpc) is 1.91. The van der Waals surface area contributed by atoms with Gasteiger partial charge in [-0.05, 0) is 13.0 Å². The molecule has 1 aliphatic rings. The van der Waals surface area contributed by atoms with Gasteiger partial charge in [0.2, 0.25) is 0 Å². The molecule has 0 aromatic carbocycles. The fraction of sp³-hybridized carbons (Fsp3) is 0.667. The Hall–Kier alpha value is -0.460. The van der Waals surface area contributed by atoms with Crippen molar-refractivity contribution in [3.8, 4) is 0 Å². The minimum atomic E-state index is 0.403. The van der Waals surface area contributed by atoms with Gasteiger partial charge in [0.15, 0.2) is 0 Å². The van der Waals surface area contributed by atoms with E-state index in [1.807, 2.05) is 0 Å². The smallest absolute Gasteiger partial charge is 0.101 e. The highest BCUT2D eigenvalue weighted by atomic mass is 16.5. The maximum Gasteiger partial charge on any atom is 0.101 e. The lowest BCUT2D eigenvalue weighted by Gasteiger charge is -2.05. The van der Waals surface area contributed by atoms with Crippen LogP contribution in [0.3, 0.4) is 0 Å². The predicted molar refractivity (Wildman–Crippen MR) is 28.9 cm³/mol. The van der Waals surface area contributed by atoms with Crippen LogP contribution in [0.25, 0.3) is 0 Å². The van der Waals surface area contributed by atoms with Crippen LogP contribution in [0.4, 0.5) is 0 Å². The molecule has 1 rings (SSSR count). The highest BCUT2D eigenvalue weighted by Crippen LogP contribution is 2.14. The zero-order chi connectivity index (χ0) is 5.28. The summed E-state index contributed by atoms with van der Waals surface area (Å²) in [6.07, 6.45) is 4.25. The van der Waals surface area contributed by atoms with Gasteiger partial charge in [0.1, 0.15) is 6.10 Å².